The molecule has 4 rings (SSSR count). The number of amides is 2. The average molecular weight is 418 g/mol. The highest BCUT2D eigenvalue weighted by Gasteiger charge is 2.23. The summed E-state index contributed by atoms with van der Waals surface area (Å²) in [5, 5.41) is 9.51. The van der Waals surface area contributed by atoms with Crippen LogP contribution >= 0.6 is 0 Å². The zero-order valence-corrected chi connectivity index (χ0v) is 17.8. The molecule has 2 N–H and O–H groups in total. The second kappa shape index (κ2) is 9.12. The van der Waals surface area contributed by atoms with E-state index in [0.29, 0.717) is 28.9 Å². The fourth-order valence-electron chi connectivity index (χ4n) is 3.75. The van der Waals surface area contributed by atoms with Gasteiger partial charge in [0.2, 0.25) is 17.6 Å². The molecule has 2 amide bonds. The lowest BCUT2D eigenvalue weighted by molar-refractivity contribution is -0.115. The van der Waals surface area contributed by atoms with Crippen molar-refractivity contribution in [2.75, 3.05) is 11.9 Å². The van der Waals surface area contributed by atoms with Crippen molar-refractivity contribution in [2.24, 2.45) is 0 Å². The van der Waals surface area contributed by atoms with Crippen molar-refractivity contribution in [2.45, 2.75) is 45.4 Å². The van der Waals surface area contributed by atoms with Crippen LogP contribution in [0.15, 0.2) is 47.0 Å². The lowest BCUT2D eigenvalue weighted by atomic mass is 10.1. The van der Waals surface area contributed by atoms with Crippen LogP contribution in [0.4, 0.5) is 5.69 Å². The van der Waals surface area contributed by atoms with Crippen LogP contribution in [-0.2, 0) is 4.79 Å². The highest BCUT2D eigenvalue weighted by atomic mass is 16.5. The molecule has 7 heteroatoms. The van der Waals surface area contributed by atoms with Crippen LogP contribution in [0.2, 0.25) is 0 Å². The molecular formula is C24H26N4O3. The maximum atomic E-state index is 12.4. The number of aryl methyl sites for hydroxylation is 2. The Kier molecular flexibility index (Phi) is 6.11. The van der Waals surface area contributed by atoms with Gasteiger partial charge >= 0.3 is 0 Å². The third-order valence-corrected chi connectivity index (χ3v) is 5.75. The van der Waals surface area contributed by atoms with E-state index in [4.69, 9.17) is 4.52 Å². The number of carbonyl (C=O) groups is 2. The Hall–Kier alpha value is -3.48. The summed E-state index contributed by atoms with van der Waals surface area (Å²) in [7, 11) is 0. The van der Waals surface area contributed by atoms with Gasteiger partial charge < -0.3 is 15.2 Å². The maximum absolute atomic E-state index is 12.4. The molecule has 1 saturated carbocycles. The van der Waals surface area contributed by atoms with E-state index in [0.717, 1.165) is 29.5 Å². The number of aromatic nitrogens is 2. The predicted octanol–water partition coefficient (Wildman–Crippen LogP) is 4.38. The molecule has 160 valence electrons. The first-order chi connectivity index (χ1) is 15.0. The van der Waals surface area contributed by atoms with E-state index in [9.17, 15) is 9.59 Å². The molecule has 0 spiro atoms. The van der Waals surface area contributed by atoms with Crippen molar-refractivity contribution in [3.63, 3.8) is 0 Å². The molecule has 1 aliphatic rings. The summed E-state index contributed by atoms with van der Waals surface area (Å²) in [5.74, 6) is 0.994. The molecule has 2 aromatic carbocycles. The van der Waals surface area contributed by atoms with Crippen LogP contribution in [0, 0.1) is 13.8 Å². The van der Waals surface area contributed by atoms with E-state index in [-0.39, 0.29) is 18.4 Å². The number of nitrogens with one attached hydrogen (secondary N) is 2. The number of hydrogen-bond acceptors (Lipinski definition) is 5. The first-order valence-electron chi connectivity index (χ1n) is 10.6. The van der Waals surface area contributed by atoms with Crippen LogP contribution in [0.1, 0.15) is 59.0 Å². The van der Waals surface area contributed by atoms with Gasteiger partial charge in [-0.2, -0.15) is 4.98 Å². The van der Waals surface area contributed by atoms with Crippen molar-refractivity contribution in [1.29, 1.82) is 0 Å². The highest BCUT2D eigenvalue weighted by molar-refractivity contribution is 5.99. The molecule has 1 fully saturated rings. The fourth-order valence-corrected chi connectivity index (χ4v) is 3.75. The van der Waals surface area contributed by atoms with Gasteiger partial charge in [0.15, 0.2) is 0 Å². The molecule has 31 heavy (non-hydrogen) atoms. The molecule has 1 heterocycles. The molecule has 7 nitrogen and oxygen atoms in total. The minimum absolute atomic E-state index is 0.108. The summed E-state index contributed by atoms with van der Waals surface area (Å²) in [6, 6.07) is 12.7. The number of anilines is 1. The fraction of sp³-hybridized carbons (Fsp3) is 0.333. The van der Waals surface area contributed by atoms with E-state index in [1.165, 1.54) is 12.8 Å². The molecular weight excluding hydrogens is 392 g/mol. The van der Waals surface area contributed by atoms with Gasteiger partial charge in [-0.25, -0.2) is 0 Å². The van der Waals surface area contributed by atoms with Crippen LogP contribution in [0.25, 0.3) is 11.4 Å². The molecule has 0 aliphatic heterocycles. The molecule has 0 unspecified atom stereocenters. The number of rotatable bonds is 6. The quantitative estimate of drug-likeness (QED) is 0.619. The topological polar surface area (TPSA) is 97.1 Å². The van der Waals surface area contributed by atoms with Crippen molar-refractivity contribution in [1.82, 2.24) is 15.5 Å². The van der Waals surface area contributed by atoms with E-state index in [2.05, 4.69) is 20.8 Å². The van der Waals surface area contributed by atoms with Crippen LogP contribution in [-0.4, -0.2) is 28.5 Å². The second-order valence-corrected chi connectivity index (χ2v) is 8.04. The van der Waals surface area contributed by atoms with Crippen molar-refractivity contribution in [3.05, 3.63) is 65.0 Å². The summed E-state index contributed by atoms with van der Waals surface area (Å²) in [6.45, 7) is 3.89. The lowest BCUT2D eigenvalue weighted by Crippen LogP contribution is -2.32. The number of carbonyl (C=O) groups excluding carboxylic acids is 2. The molecule has 0 radical (unpaired) electrons. The predicted molar refractivity (Wildman–Crippen MR) is 118 cm³/mol. The van der Waals surface area contributed by atoms with Crippen LogP contribution < -0.4 is 10.6 Å². The Morgan fingerprint density at radius 1 is 1.03 bits per heavy atom. The minimum Gasteiger partial charge on any atom is -0.343 e. The van der Waals surface area contributed by atoms with E-state index < -0.39 is 0 Å². The Balaban J connectivity index is 1.31. The molecule has 1 aliphatic carbocycles. The summed E-state index contributed by atoms with van der Waals surface area (Å²) in [5.41, 5.74) is 4.22. The van der Waals surface area contributed by atoms with Crippen LogP contribution in [0.5, 0.6) is 0 Å². The van der Waals surface area contributed by atoms with Gasteiger partial charge in [-0.05, 0) is 62.1 Å². The normalized spacial score (nSPS) is 13.9. The number of hydrogen-bond donors (Lipinski definition) is 2. The third kappa shape index (κ3) is 4.99. The first-order valence-corrected chi connectivity index (χ1v) is 10.6. The zero-order valence-electron chi connectivity index (χ0n) is 17.8. The Morgan fingerprint density at radius 2 is 1.77 bits per heavy atom. The molecule has 3 aromatic rings. The van der Waals surface area contributed by atoms with Crippen molar-refractivity contribution in [3.8, 4) is 11.4 Å². The van der Waals surface area contributed by atoms with Gasteiger partial charge in [0.1, 0.15) is 0 Å². The van der Waals surface area contributed by atoms with Gasteiger partial charge in [0.25, 0.3) is 5.91 Å². The number of nitrogens with zero attached hydrogens (tertiary/aromatic N) is 2. The molecule has 1 aromatic heterocycles. The van der Waals surface area contributed by atoms with E-state index in [1.54, 1.807) is 24.3 Å². The van der Waals surface area contributed by atoms with E-state index in [1.807, 2.05) is 32.0 Å². The molecule has 0 bridgehead atoms. The van der Waals surface area contributed by atoms with E-state index >= 15 is 0 Å². The summed E-state index contributed by atoms with van der Waals surface area (Å²) in [6.07, 6.45) is 4.60. The van der Waals surface area contributed by atoms with Crippen LogP contribution in [0.3, 0.4) is 0 Å². The summed E-state index contributed by atoms with van der Waals surface area (Å²) < 4.78 is 5.42. The Bertz CT molecular complexity index is 1080. The second-order valence-electron chi connectivity index (χ2n) is 8.04. The van der Waals surface area contributed by atoms with Crippen molar-refractivity contribution < 1.29 is 14.1 Å². The monoisotopic (exact) mass is 418 g/mol. The van der Waals surface area contributed by atoms with Crippen molar-refractivity contribution >= 4 is 17.5 Å². The standard InChI is InChI=1S/C24H26N4O3/c1-15-7-12-20(13-16(15)2)26-21(29)14-25-23(30)18-10-8-17(9-11-18)22-27-24(31-28-22)19-5-3-4-6-19/h7-13,19H,3-6,14H2,1-2H3,(H,25,30)(H,26,29). The van der Waals surface area contributed by atoms with Gasteiger partial charge in [0.05, 0.1) is 6.54 Å². The number of benzene rings is 2. The van der Waals surface area contributed by atoms with Gasteiger partial charge in [-0.3, -0.25) is 9.59 Å². The SMILES string of the molecule is Cc1ccc(NC(=O)CNC(=O)c2ccc(-c3noc(C4CCCC4)n3)cc2)cc1C. The lowest BCUT2D eigenvalue weighted by Gasteiger charge is -2.09. The van der Waals surface area contributed by atoms with Gasteiger partial charge in [-0.1, -0.05) is 36.2 Å². The minimum atomic E-state index is -0.318. The highest BCUT2D eigenvalue weighted by Crippen LogP contribution is 2.33. The largest absolute Gasteiger partial charge is 0.343 e. The zero-order chi connectivity index (χ0) is 21.8. The maximum Gasteiger partial charge on any atom is 0.251 e. The Morgan fingerprint density at radius 3 is 2.48 bits per heavy atom. The molecule has 0 saturated heterocycles. The summed E-state index contributed by atoms with van der Waals surface area (Å²) >= 11 is 0. The smallest absolute Gasteiger partial charge is 0.251 e. The van der Waals surface area contributed by atoms with Gasteiger partial charge in [-0.15, -0.1) is 0 Å². The van der Waals surface area contributed by atoms with Gasteiger partial charge in [0, 0.05) is 22.7 Å². The Labute approximate surface area is 181 Å². The third-order valence-electron chi connectivity index (χ3n) is 5.75. The average Bonchev–Trinajstić information content (AvgIpc) is 3.47. The summed E-state index contributed by atoms with van der Waals surface area (Å²) in [4.78, 5) is 29.0. The molecule has 0 atom stereocenters. The first kappa shape index (κ1) is 20.8.